The van der Waals surface area contributed by atoms with Crippen LogP contribution in [0.4, 0.5) is 0 Å². The number of hydrogen-bond acceptors (Lipinski definition) is 6. The number of amides is 5. The van der Waals surface area contributed by atoms with E-state index < -0.39 is 11.8 Å². The van der Waals surface area contributed by atoms with Crippen molar-refractivity contribution in [2.75, 3.05) is 33.2 Å². The van der Waals surface area contributed by atoms with E-state index in [9.17, 15) is 28.8 Å². The Morgan fingerprint density at radius 2 is 1.48 bits per heavy atom. The molecule has 0 saturated heterocycles. The molecule has 1 rings (SSSR count). The summed E-state index contributed by atoms with van der Waals surface area (Å²) >= 11 is 0. The first-order chi connectivity index (χ1) is 14.8. The summed E-state index contributed by atoms with van der Waals surface area (Å²) < 4.78 is 0. The van der Waals surface area contributed by atoms with Gasteiger partial charge in [-0.3, -0.25) is 33.7 Å². The predicted molar refractivity (Wildman–Crippen MR) is 112 cm³/mol. The fourth-order valence-corrected chi connectivity index (χ4v) is 2.73. The number of unbranched alkanes of at least 4 members (excludes halogenated alkanes) is 3. The van der Waals surface area contributed by atoms with E-state index in [0.29, 0.717) is 19.4 Å². The highest BCUT2D eigenvalue weighted by Gasteiger charge is 2.23. The Kier molecular flexibility index (Phi) is 12.2. The van der Waals surface area contributed by atoms with Gasteiger partial charge in [0.2, 0.25) is 17.7 Å². The average molecular weight is 434 g/mol. The molecule has 1 heterocycles. The van der Waals surface area contributed by atoms with E-state index in [0.717, 1.165) is 42.7 Å². The summed E-state index contributed by atoms with van der Waals surface area (Å²) in [5.74, 6) is -1.46. The Morgan fingerprint density at radius 3 is 2.03 bits per heavy atom. The van der Waals surface area contributed by atoms with Crippen LogP contribution in [0.15, 0.2) is 24.3 Å². The van der Waals surface area contributed by atoms with E-state index in [4.69, 9.17) is 0 Å². The normalized spacial score (nSPS) is 13.0. The van der Waals surface area contributed by atoms with Crippen LogP contribution in [-0.2, 0) is 28.8 Å². The number of nitrogens with zero attached hydrogens (tertiary/aromatic N) is 2. The number of allylic oxidation sites excluding steroid dienone is 1. The lowest BCUT2D eigenvalue weighted by molar-refractivity contribution is -0.137. The van der Waals surface area contributed by atoms with Gasteiger partial charge in [0.1, 0.15) is 6.29 Å². The van der Waals surface area contributed by atoms with Gasteiger partial charge in [-0.15, -0.1) is 0 Å². The number of likely N-dealkylation sites (N-methyl/N-ethyl adjacent to an activating group) is 1. The molecule has 0 aromatic rings. The average Bonchev–Trinajstić information content (AvgIpc) is 3.07. The van der Waals surface area contributed by atoms with Gasteiger partial charge in [-0.1, -0.05) is 12.8 Å². The molecule has 1 aliphatic heterocycles. The Balaban J connectivity index is 1.97. The molecule has 0 saturated carbocycles. The first-order valence-corrected chi connectivity index (χ1v) is 10.3. The lowest BCUT2D eigenvalue weighted by Gasteiger charge is -2.14. The zero-order chi connectivity index (χ0) is 23.1. The number of nitrogens with one attached hydrogen (secondary N) is 2. The molecule has 31 heavy (non-hydrogen) atoms. The topological polar surface area (TPSA) is 133 Å². The summed E-state index contributed by atoms with van der Waals surface area (Å²) in [7, 11) is 1.56. The zero-order valence-electron chi connectivity index (χ0n) is 17.8. The SMILES string of the molecule is CN(CCC(=O)NCCCCCCNC(=O)CCN1C(=O)C=CC1=O)C(=O)/C=C\C=O. The molecule has 0 unspecified atom stereocenters. The van der Waals surface area contributed by atoms with Crippen molar-refractivity contribution in [2.24, 2.45) is 0 Å². The molecule has 5 amide bonds. The molecular weight excluding hydrogens is 404 g/mol. The first-order valence-electron chi connectivity index (χ1n) is 10.3. The first kappa shape index (κ1) is 25.7. The highest BCUT2D eigenvalue weighted by atomic mass is 16.2. The fraction of sp³-hybridized carbons (Fsp3) is 0.524. The van der Waals surface area contributed by atoms with E-state index in [1.165, 1.54) is 17.1 Å². The number of rotatable bonds is 15. The lowest BCUT2D eigenvalue weighted by Crippen LogP contribution is -2.34. The Labute approximate surface area is 181 Å². The summed E-state index contributed by atoms with van der Waals surface area (Å²) in [4.78, 5) is 70.4. The van der Waals surface area contributed by atoms with Crippen LogP contribution < -0.4 is 10.6 Å². The predicted octanol–water partition coefficient (Wildman–Crippen LogP) is -0.302. The van der Waals surface area contributed by atoms with Crippen LogP contribution in [0.5, 0.6) is 0 Å². The second kappa shape index (κ2) is 14.6. The van der Waals surface area contributed by atoms with Gasteiger partial charge >= 0.3 is 0 Å². The third kappa shape index (κ3) is 10.9. The van der Waals surface area contributed by atoms with Gasteiger partial charge in [-0.2, -0.15) is 0 Å². The molecule has 10 nitrogen and oxygen atoms in total. The molecule has 2 N–H and O–H groups in total. The van der Waals surface area contributed by atoms with Crippen molar-refractivity contribution in [2.45, 2.75) is 38.5 Å². The summed E-state index contributed by atoms with van der Waals surface area (Å²) in [6.45, 7) is 1.41. The molecule has 0 radical (unpaired) electrons. The monoisotopic (exact) mass is 434 g/mol. The molecule has 1 aliphatic rings. The summed E-state index contributed by atoms with van der Waals surface area (Å²) in [5.41, 5.74) is 0. The second-order valence-corrected chi connectivity index (χ2v) is 7.03. The van der Waals surface area contributed by atoms with Gasteiger partial charge in [0.05, 0.1) is 0 Å². The van der Waals surface area contributed by atoms with Gasteiger partial charge < -0.3 is 15.5 Å². The quantitative estimate of drug-likeness (QED) is 0.157. The van der Waals surface area contributed by atoms with Gasteiger partial charge in [-0.05, 0) is 18.9 Å². The van der Waals surface area contributed by atoms with Gasteiger partial charge in [0.25, 0.3) is 11.8 Å². The number of carbonyl (C=O) groups is 6. The molecule has 0 aliphatic carbocycles. The summed E-state index contributed by atoms with van der Waals surface area (Å²) in [6.07, 6.45) is 8.83. The molecule has 0 fully saturated rings. The van der Waals surface area contributed by atoms with Crippen LogP contribution >= 0.6 is 0 Å². The molecular formula is C21H30N4O6. The van der Waals surface area contributed by atoms with Crippen LogP contribution in [0.1, 0.15) is 38.5 Å². The maximum atomic E-state index is 11.8. The van der Waals surface area contributed by atoms with Crippen LogP contribution in [0.2, 0.25) is 0 Å². The Hall–Kier alpha value is -3.30. The third-order valence-corrected chi connectivity index (χ3v) is 4.58. The molecule has 170 valence electrons. The van der Waals surface area contributed by atoms with Crippen molar-refractivity contribution >= 4 is 35.8 Å². The minimum atomic E-state index is -0.392. The van der Waals surface area contributed by atoms with Gasteiger partial charge in [-0.25, -0.2) is 0 Å². The van der Waals surface area contributed by atoms with Crippen molar-refractivity contribution < 1.29 is 28.8 Å². The lowest BCUT2D eigenvalue weighted by atomic mass is 10.2. The molecule has 0 bridgehead atoms. The number of carbonyl (C=O) groups excluding carboxylic acids is 6. The zero-order valence-corrected chi connectivity index (χ0v) is 17.8. The largest absolute Gasteiger partial charge is 0.356 e. The number of aldehydes is 1. The maximum absolute atomic E-state index is 11.8. The molecule has 10 heteroatoms. The second-order valence-electron chi connectivity index (χ2n) is 7.03. The molecule has 0 aromatic carbocycles. The Bertz CT molecular complexity index is 713. The van der Waals surface area contributed by atoms with E-state index >= 15 is 0 Å². The third-order valence-electron chi connectivity index (χ3n) is 4.58. The molecule has 0 spiro atoms. The van der Waals surface area contributed by atoms with E-state index in [1.54, 1.807) is 7.05 Å². The number of hydrogen-bond donors (Lipinski definition) is 2. The van der Waals surface area contributed by atoms with Gasteiger partial charge in [0, 0.05) is 64.3 Å². The van der Waals surface area contributed by atoms with Crippen molar-refractivity contribution in [3.63, 3.8) is 0 Å². The van der Waals surface area contributed by atoms with Crippen LogP contribution in [0.25, 0.3) is 0 Å². The minimum Gasteiger partial charge on any atom is -0.356 e. The van der Waals surface area contributed by atoms with Crippen molar-refractivity contribution in [3.8, 4) is 0 Å². The van der Waals surface area contributed by atoms with Gasteiger partial charge in [0.15, 0.2) is 0 Å². The Morgan fingerprint density at radius 1 is 0.935 bits per heavy atom. The number of imide groups is 1. The highest BCUT2D eigenvalue weighted by molar-refractivity contribution is 6.13. The molecule has 0 aromatic heterocycles. The standard InChI is InChI=1S/C21H30N4O6/c1-24(19(29)7-6-16-26)14-10-17(27)22-12-4-2-3-5-13-23-18(28)11-15-25-20(30)8-9-21(25)31/h6-9,16H,2-5,10-15H2,1H3,(H,22,27)(H,23,28)/b7-6-. The van der Waals surface area contributed by atoms with Crippen LogP contribution in [0, 0.1) is 0 Å². The van der Waals surface area contributed by atoms with Crippen LogP contribution in [0.3, 0.4) is 0 Å². The smallest absolute Gasteiger partial charge is 0.253 e. The van der Waals surface area contributed by atoms with E-state index in [2.05, 4.69) is 10.6 Å². The van der Waals surface area contributed by atoms with E-state index in [-0.39, 0.29) is 43.7 Å². The highest BCUT2D eigenvalue weighted by Crippen LogP contribution is 2.04. The minimum absolute atomic E-state index is 0.0790. The fourth-order valence-electron chi connectivity index (χ4n) is 2.73. The van der Waals surface area contributed by atoms with Crippen molar-refractivity contribution in [1.82, 2.24) is 20.4 Å². The molecule has 0 atom stereocenters. The summed E-state index contributed by atoms with van der Waals surface area (Å²) in [6, 6.07) is 0. The van der Waals surface area contributed by atoms with E-state index in [1.807, 2.05) is 0 Å². The van der Waals surface area contributed by atoms with Crippen molar-refractivity contribution in [3.05, 3.63) is 24.3 Å². The van der Waals surface area contributed by atoms with Crippen molar-refractivity contribution in [1.29, 1.82) is 0 Å². The van der Waals surface area contributed by atoms with Crippen LogP contribution in [-0.4, -0.2) is 78.8 Å². The summed E-state index contributed by atoms with van der Waals surface area (Å²) in [5, 5.41) is 5.55. The maximum Gasteiger partial charge on any atom is 0.253 e.